The molecule has 0 bridgehead atoms. The number of hydrogen-bond donors (Lipinski definition) is 1. The van der Waals surface area contributed by atoms with Crippen LogP contribution < -0.4 is 5.32 Å². The van der Waals surface area contributed by atoms with Crippen LogP contribution in [0.25, 0.3) is 0 Å². The van der Waals surface area contributed by atoms with Crippen molar-refractivity contribution in [1.82, 2.24) is 10.2 Å². The largest absolute Gasteiger partial charge is 0.367 e. The van der Waals surface area contributed by atoms with Crippen LogP contribution in [0.2, 0.25) is 0 Å². The number of hydrogen-bond acceptors (Lipinski definition) is 3. The zero-order valence-corrected chi connectivity index (χ0v) is 12.0. The first-order valence-electron chi connectivity index (χ1n) is 6.94. The van der Waals surface area contributed by atoms with E-state index in [9.17, 15) is 0 Å². The smallest absolute Gasteiger partial charge is 0.0760 e. The van der Waals surface area contributed by atoms with Crippen molar-refractivity contribution < 1.29 is 4.74 Å². The lowest BCUT2D eigenvalue weighted by molar-refractivity contribution is -0.191. The monoisotopic (exact) mass is 240 g/mol. The molecule has 3 nitrogen and oxygen atoms in total. The van der Waals surface area contributed by atoms with Crippen LogP contribution in [0.3, 0.4) is 0 Å². The fraction of sp³-hybridized carbons (Fsp3) is 1.00. The summed E-state index contributed by atoms with van der Waals surface area (Å²) < 4.78 is 6.16. The second-order valence-electron chi connectivity index (χ2n) is 7.06. The van der Waals surface area contributed by atoms with E-state index < -0.39 is 0 Å². The maximum absolute atomic E-state index is 6.16. The molecule has 17 heavy (non-hydrogen) atoms. The Kier molecular flexibility index (Phi) is 3.54. The first-order valence-corrected chi connectivity index (χ1v) is 6.94. The van der Waals surface area contributed by atoms with Crippen molar-refractivity contribution in [3.8, 4) is 0 Å². The maximum atomic E-state index is 6.16. The average molecular weight is 240 g/mol. The summed E-state index contributed by atoms with van der Waals surface area (Å²) in [6.07, 6.45) is 1.29. The Morgan fingerprint density at radius 2 is 1.71 bits per heavy atom. The van der Waals surface area contributed by atoms with Crippen LogP contribution in [0.15, 0.2) is 0 Å². The molecule has 2 saturated heterocycles. The number of nitrogens with one attached hydrogen (secondary N) is 1. The molecule has 0 aromatic rings. The van der Waals surface area contributed by atoms with Gasteiger partial charge in [0.1, 0.15) is 0 Å². The Balaban J connectivity index is 2.09. The van der Waals surface area contributed by atoms with Crippen molar-refractivity contribution in [3.63, 3.8) is 0 Å². The third kappa shape index (κ3) is 3.21. The Bertz CT molecular complexity index is 259. The zero-order valence-electron chi connectivity index (χ0n) is 12.0. The Labute approximate surface area is 106 Å². The van der Waals surface area contributed by atoms with Crippen molar-refractivity contribution in [2.75, 3.05) is 26.2 Å². The summed E-state index contributed by atoms with van der Waals surface area (Å²) in [5.41, 5.74) is -0.0577. The molecule has 0 radical (unpaired) electrons. The summed E-state index contributed by atoms with van der Waals surface area (Å²) in [6, 6.07) is 0.672. The van der Waals surface area contributed by atoms with E-state index in [4.69, 9.17) is 4.74 Å². The average Bonchev–Trinajstić information content (AvgIpc) is 2.13. The molecule has 2 fully saturated rings. The maximum Gasteiger partial charge on any atom is 0.0760 e. The van der Waals surface area contributed by atoms with Crippen molar-refractivity contribution in [1.29, 1.82) is 0 Å². The number of piperidine rings is 1. The molecule has 0 spiro atoms. The molecule has 3 heteroatoms. The summed E-state index contributed by atoms with van der Waals surface area (Å²) in [7, 11) is 0. The molecule has 0 aromatic heterocycles. The van der Waals surface area contributed by atoms with Gasteiger partial charge >= 0.3 is 0 Å². The highest BCUT2D eigenvalue weighted by atomic mass is 16.5. The van der Waals surface area contributed by atoms with Gasteiger partial charge in [-0.2, -0.15) is 0 Å². The fourth-order valence-corrected chi connectivity index (χ4v) is 3.54. The highest BCUT2D eigenvalue weighted by Gasteiger charge is 2.41. The van der Waals surface area contributed by atoms with Gasteiger partial charge in [0.25, 0.3) is 0 Å². The van der Waals surface area contributed by atoms with E-state index in [1.807, 2.05) is 0 Å². The van der Waals surface area contributed by atoms with Gasteiger partial charge in [0, 0.05) is 25.7 Å². The van der Waals surface area contributed by atoms with Crippen molar-refractivity contribution in [3.05, 3.63) is 0 Å². The quantitative estimate of drug-likeness (QED) is 0.757. The molecule has 0 aliphatic carbocycles. The second kappa shape index (κ2) is 4.52. The van der Waals surface area contributed by atoms with Crippen LogP contribution in [-0.2, 0) is 4.74 Å². The number of rotatable bonds is 1. The topological polar surface area (TPSA) is 24.5 Å². The molecule has 2 heterocycles. The van der Waals surface area contributed by atoms with Crippen LogP contribution in [0.5, 0.6) is 0 Å². The van der Waals surface area contributed by atoms with Gasteiger partial charge in [0.15, 0.2) is 0 Å². The molecule has 2 aliphatic rings. The third-order valence-electron chi connectivity index (χ3n) is 3.98. The van der Waals surface area contributed by atoms with Crippen LogP contribution in [0.1, 0.15) is 41.0 Å². The Morgan fingerprint density at radius 3 is 2.24 bits per heavy atom. The lowest BCUT2D eigenvalue weighted by Crippen LogP contribution is -2.63. The molecular weight excluding hydrogens is 212 g/mol. The fourth-order valence-electron chi connectivity index (χ4n) is 3.54. The predicted molar refractivity (Wildman–Crippen MR) is 71.3 cm³/mol. The van der Waals surface area contributed by atoms with Crippen molar-refractivity contribution >= 4 is 0 Å². The van der Waals surface area contributed by atoms with Crippen LogP contribution in [-0.4, -0.2) is 48.3 Å². The van der Waals surface area contributed by atoms with Gasteiger partial charge < -0.3 is 10.1 Å². The van der Waals surface area contributed by atoms with E-state index in [1.54, 1.807) is 0 Å². The summed E-state index contributed by atoms with van der Waals surface area (Å²) >= 11 is 0. The van der Waals surface area contributed by atoms with E-state index in [0.717, 1.165) is 25.6 Å². The zero-order chi connectivity index (χ0) is 12.7. The van der Waals surface area contributed by atoms with Gasteiger partial charge in [0.05, 0.1) is 11.2 Å². The first-order chi connectivity index (χ1) is 7.79. The molecular formula is C14H28N2O. The standard InChI is InChI=1S/C14H28N2O/c1-11-6-7-15-8-12(11)16-9-13(2,3)17-14(4,5)10-16/h11-12,15H,6-10H2,1-5H3. The van der Waals surface area contributed by atoms with Gasteiger partial charge in [-0.1, -0.05) is 6.92 Å². The van der Waals surface area contributed by atoms with Gasteiger partial charge in [-0.3, -0.25) is 4.90 Å². The minimum absolute atomic E-state index is 0.0289. The molecule has 0 amide bonds. The molecule has 2 aliphatic heterocycles. The van der Waals surface area contributed by atoms with Gasteiger partial charge in [-0.05, 0) is 46.6 Å². The molecule has 0 saturated carbocycles. The lowest BCUT2D eigenvalue weighted by atomic mass is 9.89. The van der Waals surface area contributed by atoms with E-state index in [-0.39, 0.29) is 11.2 Å². The summed E-state index contributed by atoms with van der Waals surface area (Å²) in [5.74, 6) is 0.793. The first kappa shape index (κ1) is 13.3. The van der Waals surface area contributed by atoms with Crippen LogP contribution >= 0.6 is 0 Å². The third-order valence-corrected chi connectivity index (χ3v) is 3.98. The molecule has 1 N–H and O–H groups in total. The SMILES string of the molecule is CC1CCNCC1N1CC(C)(C)OC(C)(C)C1. The lowest BCUT2D eigenvalue weighted by Gasteiger charge is -2.51. The highest BCUT2D eigenvalue weighted by molar-refractivity contribution is 4.94. The molecule has 100 valence electrons. The van der Waals surface area contributed by atoms with E-state index in [0.29, 0.717) is 6.04 Å². The normalized spacial score (nSPS) is 37.9. The van der Waals surface area contributed by atoms with Gasteiger partial charge in [0.2, 0.25) is 0 Å². The number of ether oxygens (including phenoxy) is 1. The summed E-state index contributed by atoms with van der Waals surface area (Å²) in [5, 5.41) is 3.53. The molecule has 0 aromatic carbocycles. The van der Waals surface area contributed by atoms with Gasteiger partial charge in [-0.15, -0.1) is 0 Å². The minimum atomic E-state index is -0.0289. The predicted octanol–water partition coefficient (Wildman–Crippen LogP) is 1.87. The summed E-state index contributed by atoms with van der Waals surface area (Å²) in [4.78, 5) is 2.64. The second-order valence-corrected chi connectivity index (χ2v) is 7.06. The Morgan fingerprint density at radius 1 is 1.12 bits per heavy atom. The van der Waals surface area contributed by atoms with Crippen molar-refractivity contribution in [2.24, 2.45) is 5.92 Å². The number of morpholine rings is 1. The van der Waals surface area contributed by atoms with Crippen LogP contribution in [0.4, 0.5) is 0 Å². The van der Waals surface area contributed by atoms with Crippen LogP contribution in [0, 0.1) is 5.92 Å². The van der Waals surface area contributed by atoms with Gasteiger partial charge in [-0.25, -0.2) is 0 Å². The highest BCUT2D eigenvalue weighted by Crippen LogP contribution is 2.31. The van der Waals surface area contributed by atoms with Crippen molar-refractivity contribution in [2.45, 2.75) is 58.3 Å². The van der Waals surface area contributed by atoms with E-state index in [1.165, 1.54) is 13.0 Å². The molecule has 2 unspecified atom stereocenters. The van der Waals surface area contributed by atoms with E-state index in [2.05, 4.69) is 44.8 Å². The Hall–Kier alpha value is -0.120. The minimum Gasteiger partial charge on any atom is -0.367 e. The van der Waals surface area contributed by atoms with E-state index >= 15 is 0 Å². The molecule has 2 atom stereocenters. The summed E-state index contributed by atoms with van der Waals surface area (Å²) in [6.45, 7) is 15.6. The molecule has 2 rings (SSSR count). The number of nitrogens with zero attached hydrogens (tertiary/aromatic N) is 1.